The molecule has 1 saturated heterocycles. The van der Waals surface area contributed by atoms with E-state index >= 15 is 0 Å². The number of nitrogens with one attached hydrogen (secondary N) is 1. The molecule has 20 heavy (non-hydrogen) atoms. The average molecular weight is 273 g/mol. The Morgan fingerprint density at radius 3 is 2.95 bits per heavy atom. The number of hydrogen-bond donors (Lipinski definition) is 1. The lowest BCUT2D eigenvalue weighted by Gasteiger charge is -2.20. The second kappa shape index (κ2) is 4.66. The molecule has 2 aliphatic rings. The van der Waals surface area contributed by atoms with Gasteiger partial charge in [0, 0.05) is 6.61 Å². The average Bonchev–Trinajstić information content (AvgIpc) is 3.20. The van der Waals surface area contributed by atoms with Gasteiger partial charge in [0.15, 0.2) is 0 Å². The molecule has 1 aliphatic heterocycles. The predicted octanol–water partition coefficient (Wildman–Crippen LogP) is 2.75. The van der Waals surface area contributed by atoms with Gasteiger partial charge in [-0.3, -0.25) is 0 Å². The summed E-state index contributed by atoms with van der Waals surface area (Å²) < 4.78 is 19.8. The van der Waals surface area contributed by atoms with Crippen LogP contribution in [0.5, 0.6) is 0 Å². The van der Waals surface area contributed by atoms with Crippen molar-refractivity contribution in [3.63, 3.8) is 0 Å². The molecule has 1 saturated carbocycles. The maximum atomic E-state index is 14.0. The number of hydrogen-bond acceptors (Lipinski definition) is 4. The maximum Gasteiger partial charge on any atom is 0.140 e. The van der Waals surface area contributed by atoms with Crippen LogP contribution in [0.25, 0.3) is 10.9 Å². The van der Waals surface area contributed by atoms with Crippen molar-refractivity contribution in [2.24, 2.45) is 5.92 Å². The summed E-state index contributed by atoms with van der Waals surface area (Å²) in [4.78, 5) is 8.35. The molecule has 0 bridgehead atoms. The molecule has 4 rings (SSSR count). The summed E-state index contributed by atoms with van der Waals surface area (Å²) in [6.45, 7) is 0.768. The first-order chi connectivity index (χ1) is 9.83. The highest BCUT2D eigenvalue weighted by molar-refractivity contribution is 5.89. The van der Waals surface area contributed by atoms with E-state index in [-0.39, 0.29) is 18.0 Å². The largest absolute Gasteiger partial charge is 0.376 e. The lowest BCUT2D eigenvalue weighted by Crippen LogP contribution is -2.31. The quantitative estimate of drug-likeness (QED) is 0.934. The number of benzene rings is 1. The Bertz CT molecular complexity index is 639. The molecule has 0 radical (unpaired) electrons. The van der Waals surface area contributed by atoms with Crippen LogP contribution in [0, 0.1) is 11.7 Å². The molecule has 2 aromatic rings. The molecule has 1 N–H and O–H groups in total. The van der Waals surface area contributed by atoms with E-state index in [0.717, 1.165) is 13.0 Å². The summed E-state index contributed by atoms with van der Waals surface area (Å²) >= 11 is 0. The van der Waals surface area contributed by atoms with Crippen molar-refractivity contribution in [3.8, 4) is 0 Å². The highest BCUT2D eigenvalue weighted by Crippen LogP contribution is 2.39. The molecule has 5 heteroatoms. The summed E-state index contributed by atoms with van der Waals surface area (Å²) in [7, 11) is 0. The van der Waals surface area contributed by atoms with Gasteiger partial charge in [0.05, 0.1) is 23.0 Å². The van der Waals surface area contributed by atoms with Crippen LogP contribution in [0.15, 0.2) is 24.5 Å². The predicted molar refractivity (Wildman–Crippen MR) is 74.0 cm³/mol. The molecule has 0 amide bonds. The van der Waals surface area contributed by atoms with Gasteiger partial charge in [-0.1, -0.05) is 6.07 Å². The van der Waals surface area contributed by atoms with E-state index in [1.807, 2.05) is 0 Å². The van der Waals surface area contributed by atoms with Crippen LogP contribution in [0.1, 0.15) is 19.3 Å². The van der Waals surface area contributed by atoms with Crippen LogP contribution >= 0.6 is 0 Å². The van der Waals surface area contributed by atoms with E-state index in [2.05, 4.69) is 15.3 Å². The van der Waals surface area contributed by atoms with Gasteiger partial charge < -0.3 is 10.1 Å². The van der Waals surface area contributed by atoms with Crippen LogP contribution < -0.4 is 5.32 Å². The fraction of sp³-hybridized carbons (Fsp3) is 0.467. The topological polar surface area (TPSA) is 47.0 Å². The smallest absolute Gasteiger partial charge is 0.140 e. The fourth-order valence-electron chi connectivity index (χ4n) is 3.01. The third kappa shape index (κ3) is 2.02. The first-order valence-corrected chi connectivity index (χ1v) is 7.10. The zero-order valence-electron chi connectivity index (χ0n) is 11.1. The molecule has 4 nitrogen and oxygen atoms in total. The van der Waals surface area contributed by atoms with Gasteiger partial charge in [0.1, 0.15) is 18.0 Å². The monoisotopic (exact) mass is 273 g/mol. The first-order valence-electron chi connectivity index (χ1n) is 7.10. The first kappa shape index (κ1) is 12.0. The minimum atomic E-state index is -0.285. The lowest BCUT2D eigenvalue weighted by atomic mass is 10.1. The van der Waals surface area contributed by atoms with Gasteiger partial charge >= 0.3 is 0 Å². The van der Waals surface area contributed by atoms with Gasteiger partial charge in [-0.2, -0.15) is 0 Å². The number of rotatable bonds is 3. The van der Waals surface area contributed by atoms with Crippen molar-refractivity contribution in [1.29, 1.82) is 0 Å². The van der Waals surface area contributed by atoms with Gasteiger partial charge in [-0.25, -0.2) is 14.4 Å². The number of fused-ring (bicyclic) bond motifs is 1. The van der Waals surface area contributed by atoms with Crippen molar-refractivity contribution in [3.05, 3.63) is 30.3 Å². The summed E-state index contributed by atoms with van der Waals surface area (Å²) in [6, 6.07) is 5.13. The van der Waals surface area contributed by atoms with Gasteiger partial charge in [0.2, 0.25) is 0 Å². The molecule has 2 heterocycles. The second-order valence-corrected chi connectivity index (χ2v) is 5.57. The Morgan fingerprint density at radius 1 is 1.20 bits per heavy atom. The van der Waals surface area contributed by atoms with Crippen molar-refractivity contribution >= 4 is 16.7 Å². The zero-order valence-corrected chi connectivity index (χ0v) is 11.1. The third-order valence-electron chi connectivity index (χ3n) is 4.16. The minimum absolute atomic E-state index is 0.222. The standard InChI is InChI=1S/C15H16FN3O/c16-10-2-1-3-11-13(10)15(18-8-17-11)19-12-6-7-20-14(12)9-4-5-9/h1-3,8-9,12,14H,4-7H2,(H,17,18,19)/t12-,14+/m1/s1. The number of ether oxygens (including phenoxy) is 1. The summed E-state index contributed by atoms with van der Waals surface area (Å²) in [5, 5.41) is 3.85. The van der Waals surface area contributed by atoms with Crippen LogP contribution in [0.4, 0.5) is 10.2 Å². The molecule has 1 aromatic heterocycles. The van der Waals surface area contributed by atoms with E-state index in [1.54, 1.807) is 12.1 Å². The highest BCUT2D eigenvalue weighted by Gasteiger charge is 2.40. The summed E-state index contributed by atoms with van der Waals surface area (Å²) in [5.41, 5.74) is 0.629. The minimum Gasteiger partial charge on any atom is -0.376 e. The highest BCUT2D eigenvalue weighted by atomic mass is 19.1. The lowest BCUT2D eigenvalue weighted by molar-refractivity contribution is 0.0898. The van der Waals surface area contributed by atoms with Crippen LogP contribution in [0.3, 0.4) is 0 Å². The van der Waals surface area contributed by atoms with E-state index in [1.165, 1.54) is 25.2 Å². The van der Waals surface area contributed by atoms with Gasteiger partial charge in [-0.15, -0.1) is 0 Å². The number of nitrogens with zero attached hydrogens (tertiary/aromatic N) is 2. The Balaban J connectivity index is 1.68. The molecule has 2 fully saturated rings. The molecule has 104 valence electrons. The third-order valence-corrected chi connectivity index (χ3v) is 4.16. The van der Waals surface area contributed by atoms with Crippen molar-refractivity contribution in [1.82, 2.24) is 9.97 Å². The van der Waals surface area contributed by atoms with E-state index in [9.17, 15) is 4.39 Å². The number of anilines is 1. The molecular weight excluding hydrogens is 257 g/mol. The molecular formula is C15H16FN3O. The van der Waals surface area contributed by atoms with Crippen molar-refractivity contribution in [2.45, 2.75) is 31.4 Å². The maximum absolute atomic E-state index is 14.0. The number of halogens is 1. The van der Waals surface area contributed by atoms with Crippen LogP contribution in [0.2, 0.25) is 0 Å². The molecule has 1 aromatic carbocycles. The van der Waals surface area contributed by atoms with E-state index in [4.69, 9.17) is 4.74 Å². The van der Waals surface area contributed by atoms with E-state index in [0.29, 0.717) is 22.6 Å². The Kier molecular flexibility index (Phi) is 2.80. The van der Waals surface area contributed by atoms with Gasteiger partial charge in [-0.05, 0) is 37.3 Å². The van der Waals surface area contributed by atoms with Crippen LogP contribution in [-0.2, 0) is 4.74 Å². The normalized spacial score (nSPS) is 26.1. The molecule has 1 aliphatic carbocycles. The Morgan fingerprint density at radius 2 is 2.10 bits per heavy atom. The summed E-state index contributed by atoms with van der Waals surface area (Å²) in [6.07, 6.45) is 5.14. The zero-order chi connectivity index (χ0) is 13.5. The van der Waals surface area contributed by atoms with Gasteiger partial charge in [0.25, 0.3) is 0 Å². The fourth-order valence-corrected chi connectivity index (χ4v) is 3.01. The van der Waals surface area contributed by atoms with Crippen LogP contribution in [-0.4, -0.2) is 28.7 Å². The SMILES string of the molecule is Fc1cccc2ncnc(N[C@@H]3CCO[C@H]3C3CC3)c12. The Hall–Kier alpha value is -1.75. The number of aromatic nitrogens is 2. The van der Waals surface area contributed by atoms with E-state index < -0.39 is 0 Å². The molecule has 0 spiro atoms. The Labute approximate surface area is 116 Å². The molecule has 0 unspecified atom stereocenters. The summed E-state index contributed by atoms with van der Waals surface area (Å²) in [5.74, 6) is 0.953. The molecule has 2 atom stereocenters. The van der Waals surface area contributed by atoms with Crippen molar-refractivity contribution < 1.29 is 9.13 Å². The van der Waals surface area contributed by atoms with Crippen molar-refractivity contribution in [2.75, 3.05) is 11.9 Å². The second-order valence-electron chi connectivity index (χ2n) is 5.57.